The minimum Gasteiger partial charge on any atom is -0.490 e. The van der Waals surface area contributed by atoms with Crippen molar-refractivity contribution < 1.29 is 9.84 Å². The zero-order valence-corrected chi connectivity index (χ0v) is 11.2. The summed E-state index contributed by atoms with van der Waals surface area (Å²) in [5.74, 6) is 0.740. The van der Waals surface area contributed by atoms with Gasteiger partial charge in [-0.3, -0.25) is 0 Å². The molecule has 2 unspecified atom stereocenters. The van der Waals surface area contributed by atoms with Gasteiger partial charge in [0.05, 0.1) is 6.10 Å². The second-order valence-corrected chi connectivity index (χ2v) is 5.30. The summed E-state index contributed by atoms with van der Waals surface area (Å²) in [6.07, 6.45) is 0.907. The Labute approximate surface area is 117 Å². The Hall–Kier alpha value is -1.51. The number of fused-ring (bicyclic) bond motifs is 1. The molecule has 1 heterocycles. The van der Waals surface area contributed by atoms with Crippen molar-refractivity contribution in [3.05, 3.63) is 64.7 Å². The van der Waals surface area contributed by atoms with Crippen LogP contribution in [0, 0.1) is 0 Å². The number of hydrogen-bond acceptors (Lipinski definition) is 2. The number of benzene rings is 2. The summed E-state index contributed by atoms with van der Waals surface area (Å²) in [6, 6.07) is 15.6. The summed E-state index contributed by atoms with van der Waals surface area (Å²) in [4.78, 5) is 0. The standard InChI is InChI=1S/C16H15ClO2/c17-12-6-7-16-14(9-12)15(18)10-13(19-16)8-11-4-2-1-3-5-11/h1-7,9,13,15,18H,8,10H2. The molecular weight excluding hydrogens is 260 g/mol. The van der Waals surface area contributed by atoms with Gasteiger partial charge < -0.3 is 9.84 Å². The predicted molar refractivity (Wildman–Crippen MR) is 75.6 cm³/mol. The SMILES string of the molecule is OC1CC(Cc2ccccc2)Oc2ccc(Cl)cc21. The van der Waals surface area contributed by atoms with Crippen LogP contribution in [-0.2, 0) is 6.42 Å². The summed E-state index contributed by atoms with van der Waals surface area (Å²) in [5.41, 5.74) is 2.01. The van der Waals surface area contributed by atoms with Crippen LogP contribution in [0.1, 0.15) is 23.7 Å². The second kappa shape index (κ2) is 5.24. The van der Waals surface area contributed by atoms with Crippen molar-refractivity contribution in [2.45, 2.75) is 25.0 Å². The van der Waals surface area contributed by atoms with Crippen LogP contribution in [0.2, 0.25) is 5.02 Å². The third kappa shape index (κ3) is 2.75. The molecule has 3 heteroatoms. The lowest BCUT2D eigenvalue weighted by molar-refractivity contribution is 0.0663. The van der Waals surface area contributed by atoms with E-state index in [2.05, 4.69) is 12.1 Å². The molecule has 2 aromatic rings. The Balaban J connectivity index is 1.80. The molecule has 98 valence electrons. The van der Waals surface area contributed by atoms with Gasteiger partial charge in [-0.05, 0) is 23.8 Å². The van der Waals surface area contributed by atoms with Gasteiger partial charge >= 0.3 is 0 Å². The quantitative estimate of drug-likeness (QED) is 0.903. The maximum Gasteiger partial charge on any atom is 0.125 e. The van der Waals surface area contributed by atoms with Gasteiger partial charge in [0.25, 0.3) is 0 Å². The molecule has 3 rings (SSSR count). The van der Waals surface area contributed by atoms with Gasteiger partial charge in [-0.15, -0.1) is 0 Å². The highest BCUT2D eigenvalue weighted by atomic mass is 35.5. The molecule has 0 fully saturated rings. The molecular formula is C16H15ClO2. The van der Waals surface area contributed by atoms with Crippen LogP contribution in [-0.4, -0.2) is 11.2 Å². The van der Waals surface area contributed by atoms with Gasteiger partial charge in [0.1, 0.15) is 11.9 Å². The average molecular weight is 275 g/mol. The molecule has 1 aliphatic heterocycles. The van der Waals surface area contributed by atoms with E-state index in [-0.39, 0.29) is 6.10 Å². The zero-order valence-electron chi connectivity index (χ0n) is 10.4. The van der Waals surface area contributed by atoms with Crippen LogP contribution in [0.5, 0.6) is 5.75 Å². The largest absolute Gasteiger partial charge is 0.490 e. The van der Waals surface area contributed by atoms with E-state index in [0.717, 1.165) is 17.7 Å². The summed E-state index contributed by atoms with van der Waals surface area (Å²) in [5, 5.41) is 10.8. The molecule has 2 aromatic carbocycles. The normalized spacial score (nSPS) is 21.6. The van der Waals surface area contributed by atoms with Gasteiger partial charge in [-0.1, -0.05) is 41.9 Å². The van der Waals surface area contributed by atoms with E-state index in [0.29, 0.717) is 11.4 Å². The molecule has 2 atom stereocenters. The summed E-state index contributed by atoms with van der Waals surface area (Å²) in [7, 11) is 0. The van der Waals surface area contributed by atoms with E-state index in [9.17, 15) is 5.11 Å². The fourth-order valence-corrected chi connectivity index (χ4v) is 2.67. The van der Waals surface area contributed by atoms with Gasteiger partial charge in [-0.2, -0.15) is 0 Å². The first-order valence-electron chi connectivity index (χ1n) is 6.40. The Kier molecular flexibility index (Phi) is 3.45. The van der Waals surface area contributed by atoms with Crippen LogP contribution in [0.3, 0.4) is 0 Å². The first-order chi connectivity index (χ1) is 9.22. The maximum absolute atomic E-state index is 10.2. The van der Waals surface area contributed by atoms with E-state index in [1.165, 1.54) is 5.56 Å². The van der Waals surface area contributed by atoms with Crippen molar-refractivity contribution in [3.63, 3.8) is 0 Å². The Morgan fingerprint density at radius 1 is 1.16 bits per heavy atom. The van der Waals surface area contributed by atoms with E-state index in [1.807, 2.05) is 24.3 Å². The number of aliphatic hydroxyl groups is 1. The molecule has 0 saturated heterocycles. The predicted octanol–water partition coefficient (Wildman–Crippen LogP) is 3.77. The van der Waals surface area contributed by atoms with Crippen molar-refractivity contribution in [3.8, 4) is 5.75 Å². The number of ether oxygens (including phenoxy) is 1. The van der Waals surface area contributed by atoms with Gasteiger partial charge in [0, 0.05) is 23.4 Å². The van der Waals surface area contributed by atoms with Crippen molar-refractivity contribution in [2.24, 2.45) is 0 Å². The molecule has 0 bridgehead atoms. The molecule has 0 saturated carbocycles. The fourth-order valence-electron chi connectivity index (χ4n) is 2.49. The minimum atomic E-state index is -0.504. The highest BCUT2D eigenvalue weighted by Crippen LogP contribution is 2.37. The minimum absolute atomic E-state index is 0.00563. The third-order valence-corrected chi connectivity index (χ3v) is 3.65. The third-order valence-electron chi connectivity index (χ3n) is 3.42. The van der Waals surface area contributed by atoms with Crippen LogP contribution in [0.25, 0.3) is 0 Å². The van der Waals surface area contributed by atoms with Crippen molar-refractivity contribution in [1.29, 1.82) is 0 Å². The van der Waals surface area contributed by atoms with Crippen LogP contribution in [0.4, 0.5) is 0 Å². The highest BCUT2D eigenvalue weighted by molar-refractivity contribution is 6.30. The molecule has 0 spiro atoms. The second-order valence-electron chi connectivity index (χ2n) is 4.86. The zero-order chi connectivity index (χ0) is 13.2. The highest BCUT2D eigenvalue weighted by Gasteiger charge is 2.27. The first-order valence-corrected chi connectivity index (χ1v) is 6.78. The lowest BCUT2D eigenvalue weighted by Crippen LogP contribution is -2.27. The van der Waals surface area contributed by atoms with Crippen LogP contribution in [0.15, 0.2) is 48.5 Å². The number of aliphatic hydroxyl groups excluding tert-OH is 1. The summed E-state index contributed by atoms with van der Waals surface area (Å²) < 4.78 is 5.94. The van der Waals surface area contributed by atoms with Crippen LogP contribution >= 0.6 is 11.6 Å². The summed E-state index contributed by atoms with van der Waals surface area (Å²) in [6.45, 7) is 0. The van der Waals surface area contributed by atoms with E-state index in [4.69, 9.17) is 16.3 Å². The fraction of sp³-hybridized carbons (Fsp3) is 0.250. The Bertz CT molecular complexity index is 568. The molecule has 0 aliphatic carbocycles. The van der Waals surface area contributed by atoms with Gasteiger partial charge in [0.15, 0.2) is 0 Å². The monoisotopic (exact) mass is 274 g/mol. The molecule has 1 aliphatic rings. The lowest BCUT2D eigenvalue weighted by Gasteiger charge is -2.29. The molecule has 0 aromatic heterocycles. The molecule has 19 heavy (non-hydrogen) atoms. The van der Waals surface area contributed by atoms with Crippen LogP contribution < -0.4 is 4.74 Å². The Morgan fingerprint density at radius 2 is 1.95 bits per heavy atom. The molecule has 2 nitrogen and oxygen atoms in total. The van der Waals surface area contributed by atoms with Crippen molar-refractivity contribution >= 4 is 11.6 Å². The molecule has 0 radical (unpaired) electrons. The van der Waals surface area contributed by atoms with Crippen molar-refractivity contribution in [1.82, 2.24) is 0 Å². The first kappa shape index (κ1) is 12.5. The van der Waals surface area contributed by atoms with Gasteiger partial charge in [-0.25, -0.2) is 0 Å². The molecule has 0 amide bonds. The maximum atomic E-state index is 10.2. The van der Waals surface area contributed by atoms with E-state index < -0.39 is 6.10 Å². The smallest absolute Gasteiger partial charge is 0.125 e. The average Bonchev–Trinajstić information content (AvgIpc) is 2.41. The van der Waals surface area contributed by atoms with Gasteiger partial charge in [0.2, 0.25) is 0 Å². The Morgan fingerprint density at radius 3 is 2.74 bits per heavy atom. The lowest BCUT2D eigenvalue weighted by atomic mass is 9.95. The van der Waals surface area contributed by atoms with E-state index >= 15 is 0 Å². The number of hydrogen-bond donors (Lipinski definition) is 1. The summed E-state index contributed by atoms with van der Waals surface area (Å²) >= 11 is 5.94. The molecule has 1 N–H and O–H groups in total. The number of halogens is 1. The van der Waals surface area contributed by atoms with E-state index in [1.54, 1.807) is 12.1 Å². The van der Waals surface area contributed by atoms with Crippen molar-refractivity contribution in [2.75, 3.05) is 0 Å². The number of rotatable bonds is 2. The topological polar surface area (TPSA) is 29.5 Å².